The number of benzene rings is 2. The molecule has 0 unspecified atom stereocenters. The molecular formula is C20H21N3. The summed E-state index contributed by atoms with van der Waals surface area (Å²) in [4.78, 5) is 7.21. The van der Waals surface area contributed by atoms with Gasteiger partial charge in [-0.15, -0.1) is 0 Å². The molecule has 1 aliphatic rings. The SMILES string of the molecule is Nc1ccc2nc(N3CCC(c4ccccc4)CC3)ccc2c1. The molecule has 23 heavy (non-hydrogen) atoms. The minimum absolute atomic E-state index is 0.674. The molecule has 1 fully saturated rings. The van der Waals surface area contributed by atoms with Crippen molar-refractivity contribution in [1.29, 1.82) is 0 Å². The Morgan fingerprint density at radius 3 is 2.48 bits per heavy atom. The van der Waals surface area contributed by atoms with E-state index >= 15 is 0 Å². The van der Waals surface area contributed by atoms with Crippen molar-refractivity contribution in [3.05, 3.63) is 66.2 Å². The zero-order chi connectivity index (χ0) is 15.6. The van der Waals surface area contributed by atoms with Crippen LogP contribution in [-0.4, -0.2) is 18.1 Å². The Balaban J connectivity index is 1.51. The fourth-order valence-electron chi connectivity index (χ4n) is 3.48. The van der Waals surface area contributed by atoms with Crippen LogP contribution in [0.1, 0.15) is 24.3 Å². The van der Waals surface area contributed by atoms with E-state index in [0.29, 0.717) is 5.92 Å². The van der Waals surface area contributed by atoms with Crippen LogP contribution in [0.15, 0.2) is 60.7 Å². The average molecular weight is 303 g/mol. The minimum atomic E-state index is 0.674. The molecule has 1 saturated heterocycles. The van der Waals surface area contributed by atoms with Crippen molar-refractivity contribution < 1.29 is 0 Å². The molecule has 2 N–H and O–H groups in total. The standard InChI is InChI=1S/C20H21N3/c21-18-7-8-19-17(14-18)6-9-20(22-19)23-12-10-16(11-13-23)15-4-2-1-3-5-15/h1-9,14,16H,10-13,21H2. The van der Waals surface area contributed by atoms with E-state index in [0.717, 1.165) is 35.5 Å². The van der Waals surface area contributed by atoms with Gasteiger partial charge in [0.05, 0.1) is 5.52 Å². The second-order valence-corrected chi connectivity index (χ2v) is 6.29. The molecule has 0 amide bonds. The Bertz CT molecular complexity index is 805. The summed E-state index contributed by atoms with van der Waals surface area (Å²) in [5, 5.41) is 1.10. The Kier molecular flexibility index (Phi) is 3.62. The molecule has 0 aliphatic carbocycles. The van der Waals surface area contributed by atoms with Crippen molar-refractivity contribution in [2.24, 2.45) is 0 Å². The van der Waals surface area contributed by atoms with E-state index in [-0.39, 0.29) is 0 Å². The summed E-state index contributed by atoms with van der Waals surface area (Å²) in [6.45, 7) is 2.13. The summed E-state index contributed by atoms with van der Waals surface area (Å²) in [5.41, 5.74) is 9.11. The third-order valence-corrected chi connectivity index (χ3v) is 4.79. The average Bonchev–Trinajstić information content (AvgIpc) is 2.62. The van der Waals surface area contributed by atoms with Crippen molar-refractivity contribution in [2.75, 3.05) is 23.7 Å². The quantitative estimate of drug-likeness (QED) is 0.721. The van der Waals surface area contributed by atoms with E-state index in [4.69, 9.17) is 10.7 Å². The zero-order valence-electron chi connectivity index (χ0n) is 13.2. The van der Waals surface area contributed by atoms with Crippen molar-refractivity contribution in [1.82, 2.24) is 4.98 Å². The Morgan fingerprint density at radius 1 is 0.913 bits per heavy atom. The number of nitrogens with two attached hydrogens (primary N) is 1. The normalized spacial score (nSPS) is 15.9. The van der Waals surface area contributed by atoms with Crippen molar-refractivity contribution >= 4 is 22.4 Å². The number of fused-ring (bicyclic) bond motifs is 1. The Hall–Kier alpha value is -2.55. The second kappa shape index (κ2) is 5.92. The largest absolute Gasteiger partial charge is 0.399 e. The first kappa shape index (κ1) is 14.1. The predicted octanol–water partition coefficient (Wildman–Crippen LogP) is 4.20. The highest BCUT2D eigenvalue weighted by atomic mass is 15.2. The number of pyridine rings is 1. The molecule has 0 saturated carbocycles. The van der Waals surface area contributed by atoms with Crippen LogP contribution in [0.25, 0.3) is 10.9 Å². The molecule has 3 heteroatoms. The van der Waals surface area contributed by atoms with E-state index in [9.17, 15) is 0 Å². The second-order valence-electron chi connectivity index (χ2n) is 6.29. The third kappa shape index (κ3) is 2.87. The number of aromatic nitrogens is 1. The molecule has 2 aromatic carbocycles. The first-order valence-corrected chi connectivity index (χ1v) is 8.26. The number of hydrogen-bond acceptors (Lipinski definition) is 3. The van der Waals surface area contributed by atoms with Gasteiger partial charge in [-0.2, -0.15) is 0 Å². The van der Waals surface area contributed by atoms with Crippen LogP contribution in [0, 0.1) is 0 Å². The summed E-state index contributed by atoms with van der Waals surface area (Å²) < 4.78 is 0. The maximum Gasteiger partial charge on any atom is 0.129 e. The van der Waals surface area contributed by atoms with E-state index in [1.54, 1.807) is 0 Å². The monoisotopic (exact) mass is 303 g/mol. The van der Waals surface area contributed by atoms with Gasteiger partial charge in [-0.3, -0.25) is 0 Å². The van der Waals surface area contributed by atoms with Gasteiger partial charge < -0.3 is 10.6 Å². The summed E-state index contributed by atoms with van der Waals surface area (Å²) in [6.07, 6.45) is 2.37. The summed E-state index contributed by atoms with van der Waals surface area (Å²) in [7, 11) is 0. The van der Waals surface area contributed by atoms with Crippen LogP contribution in [0.2, 0.25) is 0 Å². The Morgan fingerprint density at radius 2 is 1.70 bits per heavy atom. The fourth-order valence-corrected chi connectivity index (χ4v) is 3.48. The summed E-state index contributed by atoms with van der Waals surface area (Å²) in [6, 6.07) is 21.0. The molecule has 0 bridgehead atoms. The molecule has 0 radical (unpaired) electrons. The highest BCUT2D eigenvalue weighted by Gasteiger charge is 2.21. The molecular weight excluding hydrogens is 282 g/mol. The molecule has 0 spiro atoms. The highest BCUT2D eigenvalue weighted by molar-refractivity contribution is 5.83. The van der Waals surface area contributed by atoms with E-state index in [2.05, 4.69) is 47.4 Å². The number of piperidine rings is 1. The lowest BCUT2D eigenvalue weighted by Crippen LogP contribution is -2.33. The predicted molar refractivity (Wildman–Crippen MR) is 96.8 cm³/mol. The lowest BCUT2D eigenvalue weighted by atomic mass is 9.89. The van der Waals surface area contributed by atoms with Gasteiger partial charge in [-0.25, -0.2) is 4.98 Å². The molecule has 2 heterocycles. The summed E-state index contributed by atoms with van der Waals surface area (Å²) in [5.74, 6) is 1.75. The van der Waals surface area contributed by atoms with Crippen LogP contribution in [-0.2, 0) is 0 Å². The molecule has 4 rings (SSSR count). The molecule has 3 aromatic rings. The van der Waals surface area contributed by atoms with Gasteiger partial charge in [0.25, 0.3) is 0 Å². The van der Waals surface area contributed by atoms with Gasteiger partial charge in [0, 0.05) is 24.2 Å². The topological polar surface area (TPSA) is 42.1 Å². The number of nitrogen functional groups attached to an aromatic ring is 1. The van der Waals surface area contributed by atoms with Crippen LogP contribution in [0.3, 0.4) is 0 Å². The lowest BCUT2D eigenvalue weighted by molar-refractivity contribution is 0.503. The van der Waals surface area contributed by atoms with E-state index < -0.39 is 0 Å². The van der Waals surface area contributed by atoms with Crippen molar-refractivity contribution in [2.45, 2.75) is 18.8 Å². The maximum absolute atomic E-state index is 5.84. The van der Waals surface area contributed by atoms with Gasteiger partial charge >= 0.3 is 0 Å². The smallest absolute Gasteiger partial charge is 0.129 e. The van der Waals surface area contributed by atoms with Gasteiger partial charge in [-0.1, -0.05) is 30.3 Å². The zero-order valence-corrected chi connectivity index (χ0v) is 13.2. The first-order valence-electron chi connectivity index (χ1n) is 8.26. The van der Waals surface area contributed by atoms with E-state index in [1.165, 1.54) is 18.4 Å². The van der Waals surface area contributed by atoms with Crippen LogP contribution >= 0.6 is 0 Å². The molecule has 116 valence electrons. The van der Waals surface area contributed by atoms with Gasteiger partial charge in [0.15, 0.2) is 0 Å². The molecule has 3 nitrogen and oxygen atoms in total. The van der Waals surface area contributed by atoms with Gasteiger partial charge in [0.1, 0.15) is 5.82 Å². The van der Waals surface area contributed by atoms with Crippen LogP contribution < -0.4 is 10.6 Å². The number of nitrogens with zero attached hydrogens (tertiary/aromatic N) is 2. The van der Waals surface area contributed by atoms with Gasteiger partial charge in [-0.05, 0) is 54.7 Å². The first-order chi connectivity index (χ1) is 11.3. The van der Waals surface area contributed by atoms with Crippen LogP contribution in [0.5, 0.6) is 0 Å². The third-order valence-electron chi connectivity index (χ3n) is 4.79. The van der Waals surface area contributed by atoms with Crippen molar-refractivity contribution in [3.8, 4) is 0 Å². The maximum atomic E-state index is 5.84. The number of anilines is 2. The van der Waals surface area contributed by atoms with E-state index in [1.807, 2.05) is 18.2 Å². The van der Waals surface area contributed by atoms with Gasteiger partial charge in [0.2, 0.25) is 0 Å². The fraction of sp³-hybridized carbons (Fsp3) is 0.250. The molecule has 1 aromatic heterocycles. The number of rotatable bonds is 2. The lowest BCUT2D eigenvalue weighted by Gasteiger charge is -2.33. The minimum Gasteiger partial charge on any atom is -0.399 e. The number of hydrogen-bond donors (Lipinski definition) is 1. The summed E-state index contributed by atoms with van der Waals surface area (Å²) >= 11 is 0. The molecule has 0 atom stereocenters. The Labute approximate surface area is 136 Å². The van der Waals surface area contributed by atoms with Crippen molar-refractivity contribution in [3.63, 3.8) is 0 Å². The van der Waals surface area contributed by atoms with Crippen LogP contribution in [0.4, 0.5) is 11.5 Å². The highest BCUT2D eigenvalue weighted by Crippen LogP contribution is 2.30. The molecule has 1 aliphatic heterocycles.